The largest absolute Gasteiger partial charge is 0.468 e. The lowest BCUT2D eigenvalue weighted by molar-refractivity contribution is -0.138. The number of anilines is 1. The van der Waals surface area contributed by atoms with Crippen molar-refractivity contribution in [3.8, 4) is 0 Å². The molecule has 0 aromatic heterocycles. The van der Waals surface area contributed by atoms with E-state index in [1.165, 1.54) is 14.2 Å². The number of hydrogen-bond donors (Lipinski definition) is 1. The van der Waals surface area contributed by atoms with Crippen molar-refractivity contribution in [1.29, 1.82) is 0 Å². The van der Waals surface area contributed by atoms with Gasteiger partial charge in [-0.25, -0.2) is 4.79 Å². The highest BCUT2D eigenvalue weighted by molar-refractivity contribution is 5.90. The molecule has 0 amide bonds. The molecule has 5 heteroatoms. The fourth-order valence-corrected chi connectivity index (χ4v) is 1.12. The summed E-state index contributed by atoms with van der Waals surface area (Å²) in [7, 11) is 2.63. The number of methoxy groups -OCH3 is 2. The molecule has 0 spiro atoms. The summed E-state index contributed by atoms with van der Waals surface area (Å²) in [5.41, 5.74) is 1.09. The first-order valence-corrected chi connectivity index (χ1v) is 4.66. The summed E-state index contributed by atoms with van der Waals surface area (Å²) in [6.45, 7) is 0.0567. The van der Waals surface area contributed by atoms with Gasteiger partial charge in [-0.15, -0.1) is 0 Å². The second-order valence-electron chi connectivity index (χ2n) is 3.00. The number of hydrogen-bond acceptors (Lipinski definition) is 5. The van der Waals surface area contributed by atoms with E-state index < -0.39 is 5.97 Å². The number of carbonyl (C=O) groups excluding carboxylic acids is 2. The summed E-state index contributed by atoms with van der Waals surface area (Å²) in [6.07, 6.45) is 0. The highest BCUT2D eigenvalue weighted by Gasteiger charge is 2.06. The van der Waals surface area contributed by atoms with Gasteiger partial charge in [-0.3, -0.25) is 4.79 Å². The second kappa shape index (κ2) is 5.75. The molecular weight excluding hydrogens is 210 g/mol. The van der Waals surface area contributed by atoms with Gasteiger partial charge >= 0.3 is 11.9 Å². The van der Waals surface area contributed by atoms with Gasteiger partial charge in [0.2, 0.25) is 0 Å². The zero-order valence-corrected chi connectivity index (χ0v) is 9.15. The van der Waals surface area contributed by atoms with E-state index in [2.05, 4.69) is 14.8 Å². The third kappa shape index (κ3) is 3.27. The Hall–Kier alpha value is -2.04. The standard InChI is InChI=1S/C11H13NO4/c1-15-10(13)7-12-9-5-3-4-8(6-9)11(14)16-2/h3-6,12H,7H2,1-2H3. The Balaban J connectivity index is 2.67. The molecule has 1 N–H and O–H groups in total. The predicted octanol–water partition coefficient (Wildman–Crippen LogP) is 1.06. The molecule has 1 rings (SSSR count). The van der Waals surface area contributed by atoms with Crippen molar-refractivity contribution in [1.82, 2.24) is 0 Å². The Morgan fingerprint density at radius 1 is 1.25 bits per heavy atom. The van der Waals surface area contributed by atoms with E-state index >= 15 is 0 Å². The Morgan fingerprint density at radius 2 is 2.00 bits per heavy atom. The van der Waals surface area contributed by atoms with Crippen LogP contribution in [0.3, 0.4) is 0 Å². The summed E-state index contributed by atoms with van der Waals surface area (Å²) < 4.78 is 9.06. The van der Waals surface area contributed by atoms with E-state index in [1.807, 2.05) is 0 Å². The number of benzene rings is 1. The normalized spacial score (nSPS) is 9.38. The molecule has 0 unspecified atom stereocenters. The zero-order chi connectivity index (χ0) is 12.0. The van der Waals surface area contributed by atoms with Gasteiger partial charge in [-0.1, -0.05) is 6.07 Å². The van der Waals surface area contributed by atoms with Crippen LogP contribution in [0.2, 0.25) is 0 Å². The number of nitrogens with one attached hydrogen (secondary N) is 1. The molecule has 5 nitrogen and oxygen atoms in total. The van der Waals surface area contributed by atoms with Gasteiger partial charge in [0.1, 0.15) is 6.54 Å². The fourth-order valence-electron chi connectivity index (χ4n) is 1.12. The zero-order valence-electron chi connectivity index (χ0n) is 9.15. The van der Waals surface area contributed by atoms with E-state index in [4.69, 9.17) is 0 Å². The first-order chi connectivity index (χ1) is 7.67. The van der Waals surface area contributed by atoms with E-state index in [1.54, 1.807) is 24.3 Å². The van der Waals surface area contributed by atoms with Crippen LogP contribution in [0.4, 0.5) is 5.69 Å². The van der Waals surface area contributed by atoms with E-state index in [9.17, 15) is 9.59 Å². The van der Waals surface area contributed by atoms with Crippen molar-refractivity contribution in [2.45, 2.75) is 0 Å². The van der Waals surface area contributed by atoms with Crippen LogP contribution < -0.4 is 5.32 Å². The summed E-state index contributed by atoms with van der Waals surface area (Å²) in [5.74, 6) is -0.787. The van der Waals surface area contributed by atoms with Gasteiger partial charge in [-0.2, -0.15) is 0 Å². The molecule has 0 aliphatic carbocycles. The van der Waals surface area contributed by atoms with Crippen LogP contribution in [0.25, 0.3) is 0 Å². The van der Waals surface area contributed by atoms with Crippen molar-refractivity contribution in [2.75, 3.05) is 26.1 Å². The van der Waals surface area contributed by atoms with Crippen LogP contribution in [-0.4, -0.2) is 32.7 Å². The molecular formula is C11H13NO4. The molecule has 0 bridgehead atoms. The molecule has 0 radical (unpaired) electrons. The third-order valence-corrected chi connectivity index (χ3v) is 1.95. The van der Waals surface area contributed by atoms with Crippen molar-refractivity contribution in [3.05, 3.63) is 29.8 Å². The first kappa shape index (κ1) is 12.0. The molecule has 1 aromatic carbocycles. The lowest BCUT2D eigenvalue weighted by Crippen LogP contribution is -2.15. The number of rotatable bonds is 4. The SMILES string of the molecule is COC(=O)CNc1cccc(C(=O)OC)c1. The molecule has 0 heterocycles. The summed E-state index contributed by atoms with van der Waals surface area (Å²) in [6, 6.07) is 6.69. The number of ether oxygens (including phenoxy) is 2. The Morgan fingerprint density at radius 3 is 2.62 bits per heavy atom. The highest BCUT2D eigenvalue weighted by Crippen LogP contribution is 2.11. The average molecular weight is 223 g/mol. The van der Waals surface area contributed by atoms with Gasteiger partial charge in [-0.05, 0) is 18.2 Å². The first-order valence-electron chi connectivity index (χ1n) is 4.66. The Labute approximate surface area is 93.4 Å². The number of esters is 2. The lowest BCUT2D eigenvalue weighted by atomic mass is 10.2. The minimum absolute atomic E-state index is 0.0567. The molecule has 0 fully saturated rings. The smallest absolute Gasteiger partial charge is 0.337 e. The monoisotopic (exact) mass is 223 g/mol. The molecule has 1 aromatic rings. The highest BCUT2D eigenvalue weighted by atomic mass is 16.5. The van der Waals surface area contributed by atoms with Crippen LogP contribution in [0.5, 0.6) is 0 Å². The molecule has 0 aliphatic rings. The molecule has 0 aliphatic heterocycles. The summed E-state index contributed by atoms with van der Waals surface area (Å²) in [4.78, 5) is 22.1. The predicted molar refractivity (Wildman–Crippen MR) is 58.3 cm³/mol. The van der Waals surface area contributed by atoms with Gasteiger partial charge in [0.05, 0.1) is 19.8 Å². The van der Waals surface area contributed by atoms with Gasteiger partial charge < -0.3 is 14.8 Å². The van der Waals surface area contributed by atoms with E-state index in [-0.39, 0.29) is 12.5 Å². The maximum Gasteiger partial charge on any atom is 0.337 e. The minimum Gasteiger partial charge on any atom is -0.468 e. The molecule has 0 atom stereocenters. The minimum atomic E-state index is -0.415. The lowest BCUT2D eigenvalue weighted by Gasteiger charge is -2.06. The van der Waals surface area contributed by atoms with Crippen molar-refractivity contribution < 1.29 is 19.1 Å². The van der Waals surface area contributed by atoms with E-state index in [0.717, 1.165) is 0 Å². The molecule has 86 valence electrons. The maximum atomic E-state index is 11.2. The molecule has 0 saturated heterocycles. The second-order valence-corrected chi connectivity index (χ2v) is 3.00. The van der Waals surface area contributed by atoms with Crippen LogP contribution in [-0.2, 0) is 14.3 Å². The van der Waals surface area contributed by atoms with Gasteiger partial charge in [0, 0.05) is 5.69 Å². The van der Waals surface area contributed by atoms with E-state index in [0.29, 0.717) is 11.3 Å². The molecule has 16 heavy (non-hydrogen) atoms. The summed E-state index contributed by atoms with van der Waals surface area (Å²) in [5, 5.41) is 2.83. The quantitative estimate of drug-likeness (QED) is 0.773. The average Bonchev–Trinajstić information content (AvgIpc) is 2.35. The summed E-state index contributed by atoms with van der Waals surface area (Å²) >= 11 is 0. The van der Waals surface area contributed by atoms with Crippen LogP contribution >= 0.6 is 0 Å². The van der Waals surface area contributed by atoms with Crippen molar-refractivity contribution in [3.63, 3.8) is 0 Å². The van der Waals surface area contributed by atoms with Gasteiger partial charge in [0.15, 0.2) is 0 Å². The topological polar surface area (TPSA) is 64.6 Å². The van der Waals surface area contributed by atoms with Crippen LogP contribution in [0.15, 0.2) is 24.3 Å². The fraction of sp³-hybridized carbons (Fsp3) is 0.273. The number of carbonyl (C=O) groups is 2. The van der Waals surface area contributed by atoms with Crippen molar-refractivity contribution in [2.24, 2.45) is 0 Å². The Kier molecular flexibility index (Phi) is 4.32. The molecule has 0 saturated carbocycles. The van der Waals surface area contributed by atoms with Gasteiger partial charge in [0.25, 0.3) is 0 Å². The van der Waals surface area contributed by atoms with Crippen LogP contribution in [0.1, 0.15) is 10.4 Å². The maximum absolute atomic E-state index is 11.2. The van der Waals surface area contributed by atoms with Crippen LogP contribution in [0, 0.1) is 0 Å². The third-order valence-electron chi connectivity index (χ3n) is 1.95. The van der Waals surface area contributed by atoms with Crippen molar-refractivity contribution >= 4 is 17.6 Å². The Bertz CT molecular complexity index is 389.